The predicted octanol–water partition coefficient (Wildman–Crippen LogP) is 0.589. The molecule has 20 heavy (non-hydrogen) atoms. The molecule has 1 fully saturated rings. The second kappa shape index (κ2) is 5.54. The van der Waals surface area contributed by atoms with Crippen molar-refractivity contribution in [3.63, 3.8) is 0 Å². The summed E-state index contributed by atoms with van der Waals surface area (Å²) in [7, 11) is 0. The number of ether oxygens (including phenoxy) is 1. The molecule has 1 saturated heterocycles. The summed E-state index contributed by atoms with van der Waals surface area (Å²) in [5.74, 6) is 1.05. The third kappa shape index (κ3) is 2.62. The smallest absolute Gasteiger partial charge is 0.289 e. The monoisotopic (exact) mass is 275 g/mol. The summed E-state index contributed by atoms with van der Waals surface area (Å²) >= 11 is 0. The van der Waals surface area contributed by atoms with Crippen LogP contribution in [0.4, 0.5) is 0 Å². The summed E-state index contributed by atoms with van der Waals surface area (Å²) in [6.07, 6.45) is 3.77. The number of hydrogen-bond acceptors (Lipinski definition) is 5. The van der Waals surface area contributed by atoms with Crippen molar-refractivity contribution in [1.82, 2.24) is 24.9 Å². The lowest BCUT2D eigenvalue weighted by Crippen LogP contribution is -2.27. The van der Waals surface area contributed by atoms with Gasteiger partial charge in [0.05, 0.1) is 0 Å². The van der Waals surface area contributed by atoms with Crippen molar-refractivity contribution in [3.8, 4) is 0 Å². The first-order valence-corrected chi connectivity index (χ1v) is 6.78. The molecule has 0 bridgehead atoms. The Morgan fingerprint density at radius 1 is 1.55 bits per heavy atom. The van der Waals surface area contributed by atoms with E-state index in [4.69, 9.17) is 4.74 Å². The zero-order valence-corrected chi connectivity index (χ0v) is 11.4. The Morgan fingerprint density at radius 3 is 3.25 bits per heavy atom. The Balaban J connectivity index is 1.63. The second-order valence-electron chi connectivity index (χ2n) is 5.04. The minimum Gasteiger partial charge on any atom is -0.381 e. The number of aryl methyl sites for hydroxylation is 1. The van der Waals surface area contributed by atoms with Crippen LogP contribution in [-0.4, -0.2) is 45.2 Å². The fraction of sp³-hybridized carbons (Fsp3) is 0.538. The van der Waals surface area contributed by atoms with Gasteiger partial charge in [0.15, 0.2) is 0 Å². The first-order chi connectivity index (χ1) is 9.74. The quantitative estimate of drug-likeness (QED) is 0.883. The lowest BCUT2D eigenvalue weighted by atomic mass is 10.1. The Hall–Kier alpha value is -2.02. The van der Waals surface area contributed by atoms with Crippen molar-refractivity contribution < 1.29 is 9.53 Å². The van der Waals surface area contributed by atoms with Crippen LogP contribution in [0.15, 0.2) is 12.3 Å². The van der Waals surface area contributed by atoms with Gasteiger partial charge in [-0.15, -0.1) is 10.2 Å². The molecule has 7 heteroatoms. The van der Waals surface area contributed by atoms with Gasteiger partial charge in [0.25, 0.3) is 11.7 Å². The Morgan fingerprint density at radius 2 is 2.45 bits per heavy atom. The highest BCUT2D eigenvalue weighted by atomic mass is 16.5. The van der Waals surface area contributed by atoms with Gasteiger partial charge in [-0.05, 0) is 31.7 Å². The predicted molar refractivity (Wildman–Crippen MR) is 71.4 cm³/mol. The van der Waals surface area contributed by atoms with E-state index in [-0.39, 0.29) is 11.7 Å². The largest absolute Gasteiger partial charge is 0.381 e. The number of carbonyl (C=O) groups is 1. The number of amides is 1. The number of fused-ring (bicyclic) bond motifs is 1. The molecule has 1 atom stereocenters. The molecule has 1 N–H and O–H groups in total. The van der Waals surface area contributed by atoms with Crippen LogP contribution in [0.2, 0.25) is 0 Å². The van der Waals surface area contributed by atoms with Gasteiger partial charge in [0, 0.05) is 31.6 Å². The van der Waals surface area contributed by atoms with Crippen molar-refractivity contribution in [2.75, 3.05) is 19.8 Å². The molecule has 7 nitrogen and oxygen atoms in total. The minimum atomic E-state index is -0.220. The van der Waals surface area contributed by atoms with Crippen molar-refractivity contribution in [1.29, 1.82) is 0 Å². The molecular weight excluding hydrogens is 258 g/mol. The molecule has 0 saturated carbocycles. The number of hydrogen-bond donors (Lipinski definition) is 1. The highest BCUT2D eigenvalue weighted by Crippen LogP contribution is 2.15. The van der Waals surface area contributed by atoms with Crippen molar-refractivity contribution in [3.05, 3.63) is 23.8 Å². The molecular formula is C13H17N5O2. The van der Waals surface area contributed by atoms with E-state index in [0.29, 0.717) is 18.2 Å². The van der Waals surface area contributed by atoms with Crippen LogP contribution in [0, 0.1) is 12.8 Å². The van der Waals surface area contributed by atoms with Crippen molar-refractivity contribution in [2.45, 2.75) is 19.8 Å². The van der Waals surface area contributed by atoms with Crippen LogP contribution in [0.3, 0.4) is 0 Å². The molecule has 0 unspecified atom stereocenters. The van der Waals surface area contributed by atoms with Crippen molar-refractivity contribution >= 4 is 11.7 Å². The molecule has 1 amide bonds. The van der Waals surface area contributed by atoms with E-state index in [2.05, 4.69) is 20.5 Å². The lowest BCUT2D eigenvalue weighted by molar-refractivity contribution is 0.0939. The number of nitrogens with zero attached hydrogens (tertiary/aromatic N) is 4. The summed E-state index contributed by atoms with van der Waals surface area (Å²) in [6, 6.07) is 1.82. The van der Waals surface area contributed by atoms with E-state index in [1.165, 1.54) is 0 Å². The second-order valence-corrected chi connectivity index (χ2v) is 5.04. The van der Waals surface area contributed by atoms with Gasteiger partial charge < -0.3 is 10.1 Å². The maximum absolute atomic E-state index is 12.1. The van der Waals surface area contributed by atoms with E-state index in [0.717, 1.165) is 31.7 Å². The molecule has 1 aliphatic heterocycles. The minimum absolute atomic E-state index is 0.220. The summed E-state index contributed by atoms with van der Waals surface area (Å²) in [5, 5.41) is 10.7. The molecule has 2 aromatic heterocycles. The van der Waals surface area contributed by atoms with E-state index < -0.39 is 0 Å². The zero-order valence-electron chi connectivity index (χ0n) is 11.4. The van der Waals surface area contributed by atoms with E-state index in [1.54, 1.807) is 10.6 Å². The van der Waals surface area contributed by atoms with Crippen LogP contribution in [0.25, 0.3) is 5.78 Å². The fourth-order valence-electron chi connectivity index (χ4n) is 2.31. The Bertz CT molecular complexity index is 618. The van der Waals surface area contributed by atoms with E-state index in [9.17, 15) is 4.79 Å². The molecule has 3 heterocycles. The summed E-state index contributed by atoms with van der Waals surface area (Å²) in [4.78, 5) is 16.3. The lowest BCUT2D eigenvalue weighted by Gasteiger charge is -2.07. The van der Waals surface area contributed by atoms with Gasteiger partial charge >= 0.3 is 0 Å². The molecule has 0 aromatic carbocycles. The highest BCUT2D eigenvalue weighted by molar-refractivity contribution is 5.91. The van der Waals surface area contributed by atoms with Gasteiger partial charge in [-0.3, -0.25) is 9.20 Å². The first-order valence-electron chi connectivity index (χ1n) is 6.78. The van der Waals surface area contributed by atoms with Crippen LogP contribution < -0.4 is 5.32 Å². The Labute approximate surface area is 116 Å². The summed E-state index contributed by atoms with van der Waals surface area (Å²) in [5.41, 5.74) is 0.845. The normalized spacial score (nSPS) is 18.6. The molecule has 1 aliphatic rings. The van der Waals surface area contributed by atoms with Crippen molar-refractivity contribution in [2.24, 2.45) is 5.92 Å². The SMILES string of the molecule is Cc1ccn2c(C(=O)NCC[C@H]3CCOC3)nnc2n1. The molecule has 0 spiro atoms. The topological polar surface area (TPSA) is 81.4 Å². The Kier molecular flexibility index (Phi) is 3.60. The number of carbonyl (C=O) groups excluding carboxylic acids is 1. The average molecular weight is 275 g/mol. The number of aromatic nitrogens is 4. The third-order valence-electron chi connectivity index (χ3n) is 3.48. The maximum atomic E-state index is 12.1. The fourth-order valence-corrected chi connectivity index (χ4v) is 2.31. The maximum Gasteiger partial charge on any atom is 0.289 e. The standard InChI is InChI=1S/C13H17N5O2/c1-9-3-6-18-11(16-17-13(18)15-9)12(19)14-5-2-10-4-7-20-8-10/h3,6,10H,2,4-5,7-8H2,1H3,(H,14,19)/t10-/m0/s1. The molecule has 3 rings (SSSR count). The molecule has 0 radical (unpaired) electrons. The number of nitrogens with one attached hydrogen (secondary N) is 1. The number of rotatable bonds is 4. The van der Waals surface area contributed by atoms with Crippen LogP contribution in [0.1, 0.15) is 29.2 Å². The van der Waals surface area contributed by atoms with Gasteiger partial charge in [-0.25, -0.2) is 4.98 Å². The van der Waals surface area contributed by atoms with Crippen LogP contribution in [-0.2, 0) is 4.74 Å². The molecule has 0 aliphatic carbocycles. The summed E-state index contributed by atoms with van der Waals surface area (Å²) < 4.78 is 6.91. The van der Waals surface area contributed by atoms with E-state index in [1.807, 2.05) is 13.0 Å². The summed E-state index contributed by atoms with van der Waals surface area (Å²) in [6.45, 7) is 4.13. The first kappa shape index (κ1) is 13.0. The van der Waals surface area contributed by atoms with Gasteiger partial charge in [-0.2, -0.15) is 0 Å². The van der Waals surface area contributed by atoms with Crippen LogP contribution in [0.5, 0.6) is 0 Å². The van der Waals surface area contributed by atoms with Crippen LogP contribution >= 0.6 is 0 Å². The zero-order chi connectivity index (χ0) is 13.9. The van der Waals surface area contributed by atoms with Gasteiger partial charge in [0.1, 0.15) is 0 Å². The highest BCUT2D eigenvalue weighted by Gasteiger charge is 2.17. The van der Waals surface area contributed by atoms with Gasteiger partial charge in [-0.1, -0.05) is 0 Å². The van der Waals surface area contributed by atoms with E-state index >= 15 is 0 Å². The van der Waals surface area contributed by atoms with Gasteiger partial charge in [0.2, 0.25) is 5.82 Å². The molecule has 2 aromatic rings. The third-order valence-corrected chi connectivity index (χ3v) is 3.48. The molecule has 106 valence electrons. The average Bonchev–Trinajstić information content (AvgIpc) is 3.07.